The number of aryl methyl sites for hydroxylation is 1. The number of hydrogen-bond acceptors (Lipinski definition) is 6. The topological polar surface area (TPSA) is 109 Å². The van der Waals surface area contributed by atoms with Gasteiger partial charge in [0.25, 0.3) is 10.0 Å². The third kappa shape index (κ3) is 4.93. The summed E-state index contributed by atoms with van der Waals surface area (Å²) < 4.78 is 33.3. The van der Waals surface area contributed by atoms with Crippen LogP contribution in [0.2, 0.25) is 5.02 Å². The Morgan fingerprint density at radius 2 is 2.29 bits per heavy atom. The number of sulfonamides is 1. The average molecular weight is 446 g/mol. The van der Waals surface area contributed by atoms with E-state index in [1.807, 2.05) is 0 Å². The molecule has 0 spiro atoms. The van der Waals surface area contributed by atoms with E-state index in [0.717, 1.165) is 4.88 Å². The molecule has 0 aliphatic carbocycles. The quantitative estimate of drug-likeness (QED) is 0.706. The van der Waals surface area contributed by atoms with E-state index in [2.05, 4.69) is 9.71 Å². The van der Waals surface area contributed by atoms with Crippen LogP contribution in [0.3, 0.4) is 0 Å². The van der Waals surface area contributed by atoms with Crippen LogP contribution in [-0.2, 0) is 21.2 Å². The minimum atomic E-state index is -3.79. The second-order valence-electron chi connectivity index (χ2n) is 6.36. The lowest BCUT2D eigenvalue weighted by Crippen LogP contribution is -2.45. The predicted molar refractivity (Wildman–Crippen MR) is 107 cm³/mol. The lowest BCUT2D eigenvalue weighted by molar-refractivity contribution is -0.0249. The molecule has 0 bridgehead atoms. The van der Waals surface area contributed by atoms with Crippen LogP contribution >= 0.6 is 22.9 Å². The maximum absolute atomic E-state index is 12.6. The summed E-state index contributed by atoms with van der Waals surface area (Å²) in [5, 5.41) is 9.72. The van der Waals surface area contributed by atoms with Crippen molar-refractivity contribution in [3.8, 4) is 0 Å². The Kier molecular flexibility index (Phi) is 6.43. The van der Waals surface area contributed by atoms with Crippen molar-refractivity contribution < 1.29 is 23.1 Å². The zero-order chi connectivity index (χ0) is 20.3. The number of thiazole rings is 1. The van der Waals surface area contributed by atoms with Crippen LogP contribution in [-0.4, -0.2) is 55.3 Å². The summed E-state index contributed by atoms with van der Waals surface area (Å²) >= 11 is 7.25. The number of carbonyl (C=O) groups is 1. The van der Waals surface area contributed by atoms with Crippen LogP contribution in [0.15, 0.2) is 29.3 Å². The molecule has 1 aliphatic heterocycles. The SMILES string of the molecule is Cc1c(Cl)cccc1S(=O)(=O)Nc1ncc(CCC2CN(C(=O)O)CCO2)s1. The molecule has 1 atom stereocenters. The van der Waals surface area contributed by atoms with E-state index in [1.165, 1.54) is 22.3 Å². The summed E-state index contributed by atoms with van der Waals surface area (Å²) in [6.45, 7) is 2.74. The number of halogens is 1. The number of benzene rings is 1. The fourth-order valence-electron chi connectivity index (χ4n) is 2.89. The van der Waals surface area contributed by atoms with E-state index in [1.54, 1.807) is 25.3 Å². The Morgan fingerprint density at radius 3 is 3.04 bits per heavy atom. The third-order valence-electron chi connectivity index (χ3n) is 4.40. The molecule has 2 heterocycles. The van der Waals surface area contributed by atoms with E-state index in [9.17, 15) is 13.2 Å². The highest BCUT2D eigenvalue weighted by Crippen LogP contribution is 2.27. The molecule has 3 rings (SSSR count). The van der Waals surface area contributed by atoms with Crippen LogP contribution in [0.25, 0.3) is 0 Å². The van der Waals surface area contributed by atoms with Crippen molar-refractivity contribution in [2.45, 2.75) is 30.8 Å². The molecule has 0 radical (unpaired) electrons. The van der Waals surface area contributed by atoms with Gasteiger partial charge in [-0.05, 0) is 37.5 Å². The molecule has 152 valence electrons. The summed E-state index contributed by atoms with van der Waals surface area (Å²) in [5.41, 5.74) is 0.478. The molecule has 1 amide bonds. The zero-order valence-electron chi connectivity index (χ0n) is 15.1. The van der Waals surface area contributed by atoms with Crippen LogP contribution in [0, 0.1) is 6.92 Å². The Bertz CT molecular complexity index is 963. The highest BCUT2D eigenvalue weighted by molar-refractivity contribution is 7.93. The third-order valence-corrected chi connectivity index (χ3v) is 7.40. The van der Waals surface area contributed by atoms with Crippen molar-refractivity contribution in [2.24, 2.45) is 0 Å². The molecule has 11 heteroatoms. The minimum Gasteiger partial charge on any atom is -0.465 e. The van der Waals surface area contributed by atoms with Gasteiger partial charge in [-0.2, -0.15) is 0 Å². The van der Waals surface area contributed by atoms with Gasteiger partial charge in [-0.1, -0.05) is 17.7 Å². The standard InChI is InChI=1S/C17H20ClN3O5S2/c1-11-14(18)3-2-4-15(11)28(24,25)20-16-19-9-13(27-16)6-5-12-10-21(17(22)23)7-8-26-12/h2-4,9,12H,5-8,10H2,1H3,(H,19,20)(H,22,23). The molecule has 2 N–H and O–H groups in total. The number of ether oxygens (including phenoxy) is 1. The van der Waals surface area contributed by atoms with Crippen molar-refractivity contribution in [1.82, 2.24) is 9.88 Å². The summed E-state index contributed by atoms with van der Waals surface area (Å²) in [5.74, 6) is 0. The molecule has 1 fully saturated rings. The number of rotatable bonds is 6. The number of anilines is 1. The minimum absolute atomic E-state index is 0.112. The smallest absolute Gasteiger partial charge is 0.407 e. The van der Waals surface area contributed by atoms with Crippen molar-refractivity contribution >= 4 is 44.2 Å². The maximum atomic E-state index is 12.6. The molecule has 1 aromatic carbocycles. The maximum Gasteiger partial charge on any atom is 0.407 e. The van der Waals surface area contributed by atoms with Gasteiger partial charge in [-0.25, -0.2) is 18.2 Å². The number of hydrogen-bond donors (Lipinski definition) is 2. The highest BCUT2D eigenvalue weighted by atomic mass is 35.5. The molecule has 28 heavy (non-hydrogen) atoms. The highest BCUT2D eigenvalue weighted by Gasteiger charge is 2.24. The Morgan fingerprint density at radius 1 is 1.50 bits per heavy atom. The summed E-state index contributed by atoms with van der Waals surface area (Å²) in [6, 6.07) is 4.71. The van der Waals surface area contributed by atoms with Crippen LogP contribution in [0.4, 0.5) is 9.93 Å². The zero-order valence-corrected chi connectivity index (χ0v) is 17.5. The van der Waals surface area contributed by atoms with Crippen molar-refractivity contribution in [3.05, 3.63) is 39.9 Å². The Labute approximate surface area is 172 Å². The lowest BCUT2D eigenvalue weighted by atomic mass is 10.1. The fraction of sp³-hybridized carbons (Fsp3) is 0.412. The predicted octanol–water partition coefficient (Wildman–Crippen LogP) is 3.22. The van der Waals surface area contributed by atoms with Gasteiger partial charge in [-0.3, -0.25) is 4.72 Å². The van der Waals surface area contributed by atoms with E-state index in [-0.39, 0.29) is 16.1 Å². The van der Waals surface area contributed by atoms with Gasteiger partial charge in [0, 0.05) is 22.6 Å². The molecular formula is C17H20ClN3O5S2. The van der Waals surface area contributed by atoms with Crippen LogP contribution in [0.5, 0.6) is 0 Å². The number of nitrogens with zero attached hydrogens (tertiary/aromatic N) is 2. The first-order valence-corrected chi connectivity index (χ1v) is 11.3. The molecule has 1 unspecified atom stereocenters. The summed E-state index contributed by atoms with van der Waals surface area (Å²) in [6.07, 6.45) is 1.74. The normalized spacial score (nSPS) is 17.5. The Hall–Kier alpha value is -1.88. The first kappa shape index (κ1) is 20.8. The van der Waals surface area contributed by atoms with Gasteiger partial charge >= 0.3 is 6.09 Å². The van der Waals surface area contributed by atoms with E-state index in [4.69, 9.17) is 21.4 Å². The number of morpholine rings is 1. The first-order chi connectivity index (χ1) is 13.3. The van der Waals surface area contributed by atoms with E-state index < -0.39 is 16.1 Å². The van der Waals surface area contributed by atoms with Gasteiger partial charge in [0.05, 0.1) is 24.2 Å². The van der Waals surface area contributed by atoms with Gasteiger partial charge in [0.2, 0.25) is 0 Å². The number of nitrogens with one attached hydrogen (secondary N) is 1. The summed E-state index contributed by atoms with van der Waals surface area (Å²) in [4.78, 5) is 17.5. The number of carboxylic acid groups (broad SMARTS) is 1. The molecule has 8 nitrogen and oxygen atoms in total. The average Bonchev–Trinajstić information content (AvgIpc) is 3.09. The van der Waals surface area contributed by atoms with Crippen LogP contribution in [0.1, 0.15) is 16.9 Å². The van der Waals surface area contributed by atoms with E-state index >= 15 is 0 Å². The second-order valence-corrected chi connectivity index (χ2v) is 9.53. The molecular weight excluding hydrogens is 426 g/mol. The van der Waals surface area contributed by atoms with Gasteiger partial charge in [-0.15, -0.1) is 11.3 Å². The van der Waals surface area contributed by atoms with Crippen molar-refractivity contribution in [1.29, 1.82) is 0 Å². The second kappa shape index (κ2) is 8.64. The van der Waals surface area contributed by atoms with Gasteiger partial charge in [0.1, 0.15) is 0 Å². The van der Waals surface area contributed by atoms with Gasteiger partial charge < -0.3 is 14.7 Å². The van der Waals surface area contributed by atoms with Gasteiger partial charge in [0.15, 0.2) is 5.13 Å². The molecule has 1 aromatic heterocycles. The molecule has 1 aliphatic rings. The van der Waals surface area contributed by atoms with Crippen molar-refractivity contribution in [3.63, 3.8) is 0 Å². The monoisotopic (exact) mass is 445 g/mol. The first-order valence-electron chi connectivity index (χ1n) is 8.58. The number of aromatic nitrogens is 1. The fourth-order valence-corrected chi connectivity index (χ4v) is 5.46. The Balaban J connectivity index is 1.61. The molecule has 2 aromatic rings. The van der Waals surface area contributed by atoms with Crippen LogP contribution < -0.4 is 4.72 Å². The van der Waals surface area contributed by atoms with E-state index in [0.29, 0.717) is 43.1 Å². The molecule has 1 saturated heterocycles. The molecule has 0 saturated carbocycles. The largest absolute Gasteiger partial charge is 0.465 e. The number of amides is 1. The summed E-state index contributed by atoms with van der Waals surface area (Å²) in [7, 11) is -3.79. The lowest BCUT2D eigenvalue weighted by Gasteiger charge is -2.30. The van der Waals surface area contributed by atoms with Crippen molar-refractivity contribution in [2.75, 3.05) is 24.4 Å².